The summed E-state index contributed by atoms with van der Waals surface area (Å²) in [5.41, 5.74) is 7.45. The zero-order valence-electron chi connectivity index (χ0n) is 17.7. The molecule has 1 saturated carbocycles. The van der Waals surface area contributed by atoms with E-state index in [9.17, 15) is 0 Å². The van der Waals surface area contributed by atoms with Crippen LogP contribution in [0.2, 0.25) is 0 Å². The first kappa shape index (κ1) is 20.0. The van der Waals surface area contributed by atoms with Crippen LogP contribution >= 0.6 is 12.2 Å². The number of fused-ring (bicyclic) bond motifs is 1. The second-order valence-electron chi connectivity index (χ2n) is 8.48. The Morgan fingerprint density at radius 2 is 1.76 bits per heavy atom. The smallest absolute Gasteiger partial charge is 0.173 e. The van der Waals surface area contributed by atoms with E-state index in [1.165, 1.54) is 65.3 Å². The third-order valence-electron chi connectivity index (χ3n) is 6.20. The molecule has 152 valence electrons. The lowest BCUT2D eigenvalue weighted by Crippen LogP contribution is -2.43. The number of hydrogen-bond donors (Lipinski definition) is 2. The number of nitrogens with one attached hydrogen (secondary N) is 2. The van der Waals surface area contributed by atoms with E-state index in [4.69, 9.17) is 12.2 Å². The van der Waals surface area contributed by atoms with Gasteiger partial charge in [-0.2, -0.15) is 0 Å². The summed E-state index contributed by atoms with van der Waals surface area (Å²) in [5.74, 6) is 0. The van der Waals surface area contributed by atoms with E-state index in [0.717, 1.165) is 17.3 Å². The van der Waals surface area contributed by atoms with E-state index in [1.807, 2.05) is 0 Å². The molecule has 1 heterocycles. The van der Waals surface area contributed by atoms with Gasteiger partial charge in [0.1, 0.15) is 0 Å². The van der Waals surface area contributed by atoms with Crippen LogP contribution in [0.3, 0.4) is 0 Å². The van der Waals surface area contributed by atoms with E-state index in [0.29, 0.717) is 6.04 Å². The molecule has 0 radical (unpaired) electrons. The van der Waals surface area contributed by atoms with Crippen LogP contribution in [0.5, 0.6) is 0 Å². The van der Waals surface area contributed by atoms with Gasteiger partial charge in [0.15, 0.2) is 5.11 Å². The lowest BCUT2D eigenvalue weighted by atomic mass is 9.94. The molecule has 0 unspecified atom stereocenters. The number of nitrogens with zero attached hydrogens (tertiary/aromatic N) is 1. The Balaban J connectivity index is 1.62. The van der Waals surface area contributed by atoms with Crippen molar-refractivity contribution in [2.45, 2.75) is 65.5 Å². The predicted molar refractivity (Wildman–Crippen MR) is 128 cm³/mol. The van der Waals surface area contributed by atoms with E-state index in [-0.39, 0.29) is 0 Å². The van der Waals surface area contributed by atoms with Crippen molar-refractivity contribution < 1.29 is 0 Å². The summed E-state index contributed by atoms with van der Waals surface area (Å²) in [7, 11) is 0. The molecule has 1 fully saturated rings. The minimum atomic E-state index is 0.503. The predicted octanol–water partition coefficient (Wildman–Crippen LogP) is 6.62. The van der Waals surface area contributed by atoms with Gasteiger partial charge in [-0.3, -0.25) is 0 Å². The minimum Gasteiger partial charge on any atom is -0.361 e. The molecule has 1 aromatic heterocycles. The molecule has 0 aliphatic heterocycles. The van der Waals surface area contributed by atoms with Crippen LogP contribution in [-0.2, 0) is 6.54 Å². The lowest BCUT2D eigenvalue weighted by molar-refractivity contribution is 0.241. The molecule has 0 amide bonds. The van der Waals surface area contributed by atoms with Gasteiger partial charge in [-0.05, 0) is 68.6 Å². The van der Waals surface area contributed by atoms with Crippen molar-refractivity contribution in [2.75, 3.05) is 5.32 Å². The number of para-hydroxylation sites is 1. The maximum absolute atomic E-state index is 5.99. The van der Waals surface area contributed by atoms with Gasteiger partial charge < -0.3 is 15.2 Å². The maximum atomic E-state index is 5.99. The number of H-pyrrole nitrogens is 1. The molecule has 0 spiro atoms. The fourth-order valence-electron chi connectivity index (χ4n) is 4.76. The summed E-state index contributed by atoms with van der Waals surface area (Å²) in [6.07, 6.45) is 8.51. The Labute approximate surface area is 179 Å². The number of aromatic nitrogens is 1. The summed E-state index contributed by atoms with van der Waals surface area (Å²) in [5, 5.41) is 5.75. The summed E-state index contributed by atoms with van der Waals surface area (Å²) >= 11 is 5.99. The Morgan fingerprint density at radius 1 is 1.07 bits per heavy atom. The molecule has 4 heteroatoms. The molecule has 1 aliphatic rings. The average Bonchev–Trinajstić information content (AvgIpc) is 3.12. The van der Waals surface area contributed by atoms with Gasteiger partial charge in [0, 0.05) is 35.4 Å². The summed E-state index contributed by atoms with van der Waals surface area (Å²) in [6, 6.07) is 13.5. The molecule has 3 aromatic rings. The molecule has 2 aromatic carbocycles. The number of anilines is 1. The maximum Gasteiger partial charge on any atom is 0.173 e. The third kappa shape index (κ3) is 4.32. The minimum absolute atomic E-state index is 0.503. The molecular formula is C25H31N3S. The first-order valence-electron chi connectivity index (χ1n) is 10.7. The molecule has 29 heavy (non-hydrogen) atoms. The second kappa shape index (κ2) is 8.58. The fraction of sp³-hybridized carbons (Fsp3) is 0.400. The van der Waals surface area contributed by atoms with Crippen LogP contribution in [0, 0.1) is 20.8 Å². The van der Waals surface area contributed by atoms with Crippen molar-refractivity contribution >= 4 is 33.9 Å². The highest BCUT2D eigenvalue weighted by Gasteiger charge is 2.25. The topological polar surface area (TPSA) is 31.1 Å². The van der Waals surface area contributed by atoms with Gasteiger partial charge >= 0.3 is 0 Å². The largest absolute Gasteiger partial charge is 0.361 e. The molecule has 0 atom stereocenters. The van der Waals surface area contributed by atoms with Crippen LogP contribution < -0.4 is 5.32 Å². The highest BCUT2D eigenvalue weighted by molar-refractivity contribution is 7.80. The van der Waals surface area contributed by atoms with E-state index in [1.54, 1.807) is 0 Å². The van der Waals surface area contributed by atoms with Gasteiger partial charge in [0.2, 0.25) is 0 Å². The van der Waals surface area contributed by atoms with Crippen LogP contribution in [0.15, 0.2) is 42.6 Å². The number of aromatic amines is 1. The SMILES string of the molecule is Cc1cc(C)c(NC(=S)N(Cc2c[nH]c3ccccc23)C2CCCCC2)c(C)c1. The van der Waals surface area contributed by atoms with Crippen LogP contribution in [0.25, 0.3) is 10.9 Å². The van der Waals surface area contributed by atoms with E-state index >= 15 is 0 Å². The van der Waals surface area contributed by atoms with Crippen LogP contribution in [0.4, 0.5) is 5.69 Å². The molecular weight excluding hydrogens is 374 g/mol. The Bertz CT molecular complexity index is 991. The fourth-order valence-corrected chi connectivity index (χ4v) is 5.08. The molecule has 1 aliphatic carbocycles. The van der Waals surface area contributed by atoms with Crippen LogP contribution in [-0.4, -0.2) is 21.0 Å². The Kier molecular flexibility index (Phi) is 5.91. The first-order valence-corrected chi connectivity index (χ1v) is 11.1. The summed E-state index contributed by atoms with van der Waals surface area (Å²) < 4.78 is 0. The lowest BCUT2D eigenvalue weighted by Gasteiger charge is -2.36. The Morgan fingerprint density at radius 3 is 2.48 bits per heavy atom. The van der Waals surface area contributed by atoms with Crippen molar-refractivity contribution in [3.8, 4) is 0 Å². The average molecular weight is 406 g/mol. The Hall–Kier alpha value is -2.33. The van der Waals surface area contributed by atoms with Gasteiger partial charge in [-0.15, -0.1) is 0 Å². The van der Waals surface area contributed by atoms with Gasteiger partial charge in [-0.1, -0.05) is 55.2 Å². The third-order valence-corrected chi connectivity index (χ3v) is 6.54. The normalized spacial score (nSPS) is 14.9. The zero-order valence-corrected chi connectivity index (χ0v) is 18.5. The number of benzene rings is 2. The molecule has 0 saturated heterocycles. The van der Waals surface area contributed by atoms with Gasteiger partial charge in [-0.25, -0.2) is 0 Å². The van der Waals surface area contributed by atoms with Crippen LogP contribution in [0.1, 0.15) is 54.4 Å². The highest BCUT2D eigenvalue weighted by atomic mass is 32.1. The van der Waals surface area contributed by atoms with E-state index in [2.05, 4.69) is 78.6 Å². The second-order valence-corrected chi connectivity index (χ2v) is 8.87. The van der Waals surface area contributed by atoms with Crippen molar-refractivity contribution in [3.05, 3.63) is 64.8 Å². The number of rotatable bonds is 4. The van der Waals surface area contributed by atoms with Gasteiger partial charge in [0.05, 0.1) is 0 Å². The number of hydrogen-bond acceptors (Lipinski definition) is 1. The molecule has 0 bridgehead atoms. The van der Waals surface area contributed by atoms with Crippen molar-refractivity contribution in [2.24, 2.45) is 0 Å². The quantitative estimate of drug-likeness (QED) is 0.478. The monoisotopic (exact) mass is 405 g/mol. The van der Waals surface area contributed by atoms with Crippen molar-refractivity contribution in [3.63, 3.8) is 0 Å². The summed E-state index contributed by atoms with van der Waals surface area (Å²) in [4.78, 5) is 5.85. The van der Waals surface area contributed by atoms with E-state index < -0.39 is 0 Å². The molecule has 2 N–H and O–H groups in total. The van der Waals surface area contributed by atoms with Gasteiger partial charge in [0.25, 0.3) is 0 Å². The first-order chi connectivity index (χ1) is 14.0. The molecule has 4 rings (SSSR count). The van der Waals surface area contributed by atoms with Crippen molar-refractivity contribution in [1.29, 1.82) is 0 Å². The highest BCUT2D eigenvalue weighted by Crippen LogP contribution is 2.29. The summed E-state index contributed by atoms with van der Waals surface area (Å²) in [6.45, 7) is 7.31. The van der Waals surface area contributed by atoms with Crippen molar-refractivity contribution in [1.82, 2.24) is 9.88 Å². The number of thiocarbonyl (C=S) groups is 1. The number of aryl methyl sites for hydroxylation is 3. The zero-order chi connectivity index (χ0) is 20.4. The molecule has 3 nitrogen and oxygen atoms in total. The standard InChI is InChI=1S/C25H31N3S/c1-17-13-18(2)24(19(3)14-17)27-25(29)28(21-9-5-4-6-10-21)16-20-15-26-23-12-8-7-11-22(20)23/h7-8,11-15,21,26H,4-6,9-10,16H2,1-3H3,(H,27,29).